The fraction of sp³-hybridized carbons (Fsp3) is 0.364. The van der Waals surface area contributed by atoms with Gasteiger partial charge in [-0.1, -0.05) is 17.3 Å². The van der Waals surface area contributed by atoms with Crippen LogP contribution < -0.4 is 0 Å². The molecule has 4 heterocycles. The molecule has 0 radical (unpaired) electrons. The second kappa shape index (κ2) is 6.69. The van der Waals surface area contributed by atoms with E-state index in [1.807, 2.05) is 30.9 Å². The van der Waals surface area contributed by atoms with Gasteiger partial charge in [-0.25, -0.2) is 9.97 Å². The lowest BCUT2D eigenvalue weighted by Crippen LogP contribution is -2.39. The first-order valence-corrected chi connectivity index (χ1v) is 9.99. The summed E-state index contributed by atoms with van der Waals surface area (Å²) >= 11 is 0. The summed E-state index contributed by atoms with van der Waals surface area (Å²) in [6.45, 7) is 7.16. The molecule has 4 aromatic rings. The minimum absolute atomic E-state index is 0.00351. The van der Waals surface area contributed by atoms with E-state index in [0.717, 1.165) is 47.5 Å². The van der Waals surface area contributed by atoms with Gasteiger partial charge in [-0.15, -0.1) is 0 Å². The Morgan fingerprint density at radius 1 is 1.24 bits per heavy atom. The molecule has 1 aliphatic heterocycles. The van der Waals surface area contributed by atoms with Crippen LogP contribution in [-0.4, -0.2) is 44.0 Å². The molecule has 1 atom stereocenters. The van der Waals surface area contributed by atoms with Gasteiger partial charge in [0, 0.05) is 24.7 Å². The lowest BCUT2D eigenvalue weighted by Gasteiger charge is -2.32. The van der Waals surface area contributed by atoms with Crippen LogP contribution in [0.4, 0.5) is 0 Å². The fourth-order valence-electron chi connectivity index (χ4n) is 4.33. The lowest BCUT2D eigenvalue weighted by atomic mass is 9.96. The predicted molar refractivity (Wildman–Crippen MR) is 110 cm³/mol. The summed E-state index contributed by atoms with van der Waals surface area (Å²) in [4.78, 5) is 28.0. The van der Waals surface area contributed by atoms with Crippen LogP contribution in [0.2, 0.25) is 0 Å². The van der Waals surface area contributed by atoms with E-state index in [9.17, 15) is 4.79 Å². The van der Waals surface area contributed by atoms with Crippen molar-refractivity contribution >= 4 is 28.0 Å². The van der Waals surface area contributed by atoms with Gasteiger partial charge in [0.25, 0.3) is 11.6 Å². The van der Waals surface area contributed by atoms with Crippen molar-refractivity contribution in [2.45, 2.75) is 39.5 Å². The number of hydrogen-bond donors (Lipinski definition) is 1. The summed E-state index contributed by atoms with van der Waals surface area (Å²) in [5.41, 5.74) is 5.70. The minimum atomic E-state index is 0.00351. The number of likely N-dealkylation sites (tertiary alicyclic amines) is 1. The van der Waals surface area contributed by atoms with E-state index in [2.05, 4.69) is 34.2 Å². The highest BCUT2D eigenvalue weighted by atomic mass is 16.5. The minimum Gasteiger partial charge on any atom is -0.342 e. The predicted octanol–water partition coefficient (Wildman–Crippen LogP) is 4.04. The number of H-pyrrole nitrogens is 1. The maximum atomic E-state index is 13.4. The molecule has 1 saturated heterocycles. The van der Waals surface area contributed by atoms with E-state index in [4.69, 9.17) is 9.51 Å². The van der Waals surface area contributed by atoms with Gasteiger partial charge in [0.1, 0.15) is 5.82 Å². The van der Waals surface area contributed by atoms with Gasteiger partial charge in [0.15, 0.2) is 0 Å². The summed E-state index contributed by atoms with van der Waals surface area (Å²) in [5.74, 6) is 1.16. The number of nitrogens with one attached hydrogen (secondary N) is 1. The molecule has 0 spiro atoms. The van der Waals surface area contributed by atoms with Gasteiger partial charge in [0.05, 0.1) is 27.7 Å². The van der Waals surface area contributed by atoms with Gasteiger partial charge in [-0.2, -0.15) is 0 Å². The molecule has 148 valence electrons. The maximum absolute atomic E-state index is 13.4. The average Bonchev–Trinajstić information content (AvgIpc) is 3.32. The van der Waals surface area contributed by atoms with Crippen molar-refractivity contribution in [1.82, 2.24) is 25.0 Å². The number of carbonyl (C=O) groups is 1. The molecule has 1 amide bonds. The Hall–Kier alpha value is -3.22. The Balaban J connectivity index is 1.47. The van der Waals surface area contributed by atoms with Crippen LogP contribution in [0.3, 0.4) is 0 Å². The molecule has 0 bridgehead atoms. The van der Waals surface area contributed by atoms with Crippen LogP contribution in [0, 0.1) is 20.8 Å². The topological polar surface area (TPSA) is 87.9 Å². The third-order valence-corrected chi connectivity index (χ3v) is 5.80. The zero-order valence-corrected chi connectivity index (χ0v) is 16.8. The highest BCUT2D eigenvalue weighted by Crippen LogP contribution is 2.30. The number of aryl methyl sites for hydroxylation is 3. The number of benzene rings is 1. The lowest BCUT2D eigenvalue weighted by molar-refractivity contribution is 0.0706. The summed E-state index contributed by atoms with van der Waals surface area (Å²) in [7, 11) is 0. The van der Waals surface area contributed by atoms with Crippen LogP contribution >= 0.6 is 0 Å². The van der Waals surface area contributed by atoms with Gasteiger partial charge >= 0.3 is 0 Å². The first-order valence-electron chi connectivity index (χ1n) is 9.99. The Morgan fingerprint density at radius 3 is 2.93 bits per heavy atom. The first kappa shape index (κ1) is 17.8. The smallest absolute Gasteiger partial charge is 0.258 e. The third kappa shape index (κ3) is 2.97. The molecule has 7 heteroatoms. The molecule has 0 saturated carbocycles. The molecular formula is C22H23N5O2. The summed E-state index contributed by atoms with van der Waals surface area (Å²) in [6.07, 6.45) is 1.96. The number of aromatic amines is 1. The van der Waals surface area contributed by atoms with Crippen molar-refractivity contribution in [1.29, 1.82) is 0 Å². The largest absolute Gasteiger partial charge is 0.342 e. The van der Waals surface area contributed by atoms with Crippen molar-refractivity contribution in [2.24, 2.45) is 0 Å². The van der Waals surface area contributed by atoms with E-state index in [1.54, 1.807) is 0 Å². The van der Waals surface area contributed by atoms with Crippen LogP contribution in [-0.2, 0) is 0 Å². The second-order valence-corrected chi connectivity index (χ2v) is 7.94. The Bertz CT molecular complexity index is 1240. The quantitative estimate of drug-likeness (QED) is 0.559. The number of aromatic nitrogens is 4. The number of rotatable bonds is 2. The summed E-state index contributed by atoms with van der Waals surface area (Å²) in [6, 6.07) is 8.00. The number of fused-ring (bicyclic) bond motifs is 2. The zero-order chi connectivity index (χ0) is 20.1. The second-order valence-electron chi connectivity index (χ2n) is 7.94. The van der Waals surface area contributed by atoms with E-state index in [0.29, 0.717) is 28.9 Å². The molecule has 1 fully saturated rings. The summed E-state index contributed by atoms with van der Waals surface area (Å²) < 4.78 is 5.30. The van der Waals surface area contributed by atoms with Crippen LogP contribution in [0.1, 0.15) is 51.9 Å². The van der Waals surface area contributed by atoms with Gasteiger partial charge < -0.3 is 14.4 Å². The molecule has 5 rings (SSSR count). The number of para-hydroxylation sites is 1. The van der Waals surface area contributed by atoms with Gasteiger partial charge in [-0.3, -0.25) is 4.79 Å². The van der Waals surface area contributed by atoms with E-state index in [1.165, 1.54) is 0 Å². The Morgan fingerprint density at radius 2 is 2.10 bits per heavy atom. The van der Waals surface area contributed by atoms with Crippen LogP contribution in [0.15, 0.2) is 28.8 Å². The number of piperidine rings is 1. The van der Waals surface area contributed by atoms with E-state index in [-0.39, 0.29) is 11.8 Å². The van der Waals surface area contributed by atoms with Crippen molar-refractivity contribution < 1.29 is 9.32 Å². The fourth-order valence-corrected chi connectivity index (χ4v) is 4.33. The molecule has 7 nitrogen and oxygen atoms in total. The molecule has 29 heavy (non-hydrogen) atoms. The highest BCUT2D eigenvalue weighted by molar-refractivity contribution is 6.06. The number of pyridine rings is 1. The Labute approximate surface area is 168 Å². The monoisotopic (exact) mass is 389 g/mol. The number of imidazole rings is 1. The summed E-state index contributed by atoms with van der Waals surface area (Å²) in [5, 5.41) is 4.71. The van der Waals surface area contributed by atoms with E-state index < -0.39 is 0 Å². The van der Waals surface area contributed by atoms with Gasteiger partial charge in [-0.05, 0) is 51.3 Å². The number of nitrogens with zero attached hydrogens (tertiary/aromatic N) is 4. The highest BCUT2D eigenvalue weighted by Gasteiger charge is 2.29. The van der Waals surface area contributed by atoms with Crippen LogP contribution in [0.25, 0.3) is 22.1 Å². The number of hydrogen-bond acceptors (Lipinski definition) is 5. The zero-order valence-electron chi connectivity index (χ0n) is 16.8. The average molecular weight is 389 g/mol. The number of carbonyl (C=O) groups excluding carboxylic acids is 1. The third-order valence-electron chi connectivity index (χ3n) is 5.80. The molecule has 0 aliphatic carbocycles. The number of amides is 1. The normalized spacial score (nSPS) is 17.3. The molecule has 1 aliphatic rings. The molecule has 1 aromatic carbocycles. The molecule has 0 unspecified atom stereocenters. The van der Waals surface area contributed by atoms with Crippen molar-refractivity contribution in [2.75, 3.05) is 13.1 Å². The molecule has 1 N–H and O–H groups in total. The molecular weight excluding hydrogens is 366 g/mol. The first-order chi connectivity index (χ1) is 14.0. The van der Waals surface area contributed by atoms with E-state index >= 15 is 0 Å². The standard InChI is InChI=1S/C22H23N5O2/c1-12-6-4-8-17-19(12)25-20(24-17)15-7-5-9-27(11-15)22(28)16-10-13(2)23-21-18(16)14(3)26-29-21/h4,6,8,10,15H,5,7,9,11H2,1-3H3,(H,24,25)/t15-/m0/s1. The van der Waals surface area contributed by atoms with Crippen molar-refractivity contribution in [3.05, 3.63) is 52.6 Å². The van der Waals surface area contributed by atoms with Crippen LogP contribution in [0.5, 0.6) is 0 Å². The van der Waals surface area contributed by atoms with Crippen molar-refractivity contribution in [3.8, 4) is 0 Å². The Kier molecular flexibility index (Phi) is 4.12. The maximum Gasteiger partial charge on any atom is 0.258 e. The van der Waals surface area contributed by atoms with Crippen molar-refractivity contribution in [3.63, 3.8) is 0 Å². The molecule has 3 aromatic heterocycles. The van der Waals surface area contributed by atoms with Gasteiger partial charge in [0.2, 0.25) is 0 Å². The SMILES string of the molecule is Cc1cc(C(=O)N2CCC[C@H](c3nc4c(C)cccc4[nH]3)C2)c2c(C)noc2n1.